The van der Waals surface area contributed by atoms with E-state index in [1.807, 2.05) is 6.07 Å². The molecule has 1 aromatic carbocycles. The fourth-order valence-electron chi connectivity index (χ4n) is 1.59. The highest BCUT2D eigenvalue weighted by atomic mass is 79.9. The Labute approximate surface area is 103 Å². The fourth-order valence-corrected chi connectivity index (χ4v) is 2.07. The van der Waals surface area contributed by atoms with Crippen LogP contribution in [0.4, 0.5) is 0 Å². The van der Waals surface area contributed by atoms with Gasteiger partial charge < -0.3 is 9.84 Å². The fraction of sp³-hybridized carbons (Fsp3) is 0.417. The second kappa shape index (κ2) is 4.45. The molecular weight excluding hydrogens is 270 g/mol. The van der Waals surface area contributed by atoms with E-state index in [0.717, 1.165) is 10.0 Å². The predicted octanol–water partition coefficient (Wildman–Crippen LogP) is 2.96. The van der Waals surface area contributed by atoms with Crippen molar-refractivity contribution in [3.8, 4) is 5.75 Å². The largest absolute Gasteiger partial charge is 0.508 e. The van der Waals surface area contributed by atoms with Crippen LogP contribution in [0.2, 0.25) is 0 Å². The van der Waals surface area contributed by atoms with Crippen molar-refractivity contribution in [3.05, 3.63) is 28.2 Å². The van der Waals surface area contributed by atoms with Crippen LogP contribution in [0.1, 0.15) is 19.4 Å². The molecular formula is C12H14BrNO2. The Kier molecular flexibility index (Phi) is 3.19. The molecule has 0 fully saturated rings. The molecule has 1 unspecified atom stereocenters. The Bertz CT molecular complexity index is 409. The number of halogens is 1. The van der Waals surface area contributed by atoms with Gasteiger partial charge in [0.2, 0.25) is 5.90 Å². The number of hydrogen-bond donors (Lipinski definition) is 1. The summed E-state index contributed by atoms with van der Waals surface area (Å²) in [5, 5.41) is 9.49. The van der Waals surface area contributed by atoms with Gasteiger partial charge in [-0.05, 0) is 24.1 Å². The first-order valence-corrected chi connectivity index (χ1v) is 6.06. The zero-order valence-corrected chi connectivity index (χ0v) is 10.9. The highest BCUT2D eigenvalue weighted by Gasteiger charge is 2.23. The van der Waals surface area contributed by atoms with E-state index in [4.69, 9.17) is 4.74 Å². The summed E-state index contributed by atoms with van der Waals surface area (Å²) in [4.78, 5) is 4.50. The van der Waals surface area contributed by atoms with Gasteiger partial charge in [-0.2, -0.15) is 0 Å². The van der Waals surface area contributed by atoms with Crippen molar-refractivity contribution in [3.63, 3.8) is 0 Å². The van der Waals surface area contributed by atoms with Crippen molar-refractivity contribution in [2.75, 3.05) is 6.61 Å². The Morgan fingerprint density at radius 3 is 2.75 bits per heavy atom. The highest BCUT2D eigenvalue weighted by Crippen LogP contribution is 2.24. The summed E-state index contributed by atoms with van der Waals surface area (Å²) in [6.07, 6.45) is 0. The quantitative estimate of drug-likeness (QED) is 0.907. The molecule has 0 radical (unpaired) electrons. The molecule has 0 saturated carbocycles. The maximum absolute atomic E-state index is 9.49. The summed E-state index contributed by atoms with van der Waals surface area (Å²) in [5.41, 5.74) is 0.815. The Hall–Kier alpha value is -1.03. The van der Waals surface area contributed by atoms with Crippen molar-refractivity contribution >= 4 is 21.8 Å². The maximum Gasteiger partial charge on any atom is 0.216 e. The van der Waals surface area contributed by atoms with Gasteiger partial charge in [0, 0.05) is 10.0 Å². The molecule has 4 heteroatoms. The lowest BCUT2D eigenvalue weighted by Crippen LogP contribution is -2.13. The highest BCUT2D eigenvalue weighted by molar-refractivity contribution is 9.10. The van der Waals surface area contributed by atoms with Crippen LogP contribution in [-0.2, 0) is 4.74 Å². The van der Waals surface area contributed by atoms with E-state index >= 15 is 0 Å². The molecule has 0 amide bonds. The molecule has 0 spiro atoms. The molecule has 0 saturated heterocycles. The molecule has 1 aromatic rings. The number of phenolic OH excluding ortho intramolecular Hbond substituents is 1. The molecule has 2 rings (SSSR count). The zero-order valence-electron chi connectivity index (χ0n) is 9.27. The van der Waals surface area contributed by atoms with Gasteiger partial charge in [-0.25, -0.2) is 4.99 Å². The van der Waals surface area contributed by atoms with E-state index in [1.165, 1.54) is 0 Å². The van der Waals surface area contributed by atoms with Crippen LogP contribution in [0, 0.1) is 5.92 Å². The smallest absolute Gasteiger partial charge is 0.216 e. The lowest BCUT2D eigenvalue weighted by atomic mass is 10.1. The van der Waals surface area contributed by atoms with Crippen LogP contribution in [0.5, 0.6) is 5.75 Å². The SMILES string of the molecule is CC(C)C1COC(c2cc(O)cc(Br)c2)=N1. The Balaban J connectivity index is 2.28. The van der Waals surface area contributed by atoms with Crippen LogP contribution >= 0.6 is 15.9 Å². The van der Waals surface area contributed by atoms with Crippen LogP contribution in [0.15, 0.2) is 27.7 Å². The van der Waals surface area contributed by atoms with Gasteiger partial charge in [0.15, 0.2) is 0 Å². The van der Waals surface area contributed by atoms with Gasteiger partial charge in [-0.3, -0.25) is 0 Å². The van der Waals surface area contributed by atoms with E-state index in [1.54, 1.807) is 12.1 Å². The van der Waals surface area contributed by atoms with Crippen molar-refractivity contribution in [1.82, 2.24) is 0 Å². The van der Waals surface area contributed by atoms with Crippen LogP contribution in [0.3, 0.4) is 0 Å². The zero-order chi connectivity index (χ0) is 11.7. The number of benzene rings is 1. The third kappa shape index (κ3) is 2.38. The average molecular weight is 284 g/mol. The van der Waals surface area contributed by atoms with Crippen molar-refractivity contribution < 1.29 is 9.84 Å². The number of ether oxygens (including phenoxy) is 1. The molecule has 1 atom stereocenters. The topological polar surface area (TPSA) is 41.8 Å². The standard InChI is InChI=1S/C12H14BrNO2/c1-7(2)11-6-16-12(14-11)8-3-9(13)5-10(15)4-8/h3-5,7,11,15H,6H2,1-2H3. The summed E-state index contributed by atoms with van der Waals surface area (Å²) in [6, 6.07) is 5.41. The first-order valence-electron chi connectivity index (χ1n) is 5.27. The number of rotatable bonds is 2. The molecule has 86 valence electrons. The predicted molar refractivity (Wildman–Crippen MR) is 66.9 cm³/mol. The summed E-state index contributed by atoms with van der Waals surface area (Å²) < 4.78 is 6.36. The molecule has 1 aliphatic heterocycles. The molecule has 1 heterocycles. The third-order valence-corrected chi connectivity index (χ3v) is 3.03. The molecule has 3 nitrogen and oxygen atoms in total. The molecule has 1 aliphatic rings. The van der Waals surface area contributed by atoms with Crippen LogP contribution in [0.25, 0.3) is 0 Å². The number of phenols is 1. The minimum atomic E-state index is 0.212. The summed E-state index contributed by atoms with van der Waals surface area (Å²) in [7, 11) is 0. The normalized spacial score (nSPS) is 19.8. The minimum Gasteiger partial charge on any atom is -0.508 e. The van der Waals surface area contributed by atoms with Crippen LogP contribution < -0.4 is 0 Å². The number of nitrogens with zero attached hydrogens (tertiary/aromatic N) is 1. The van der Waals surface area contributed by atoms with E-state index in [0.29, 0.717) is 18.4 Å². The second-order valence-corrected chi connectivity index (χ2v) is 5.17. The van der Waals surface area contributed by atoms with Crippen molar-refractivity contribution in [2.24, 2.45) is 10.9 Å². The average Bonchev–Trinajstić information content (AvgIpc) is 2.64. The first kappa shape index (κ1) is 11.5. The minimum absolute atomic E-state index is 0.212. The van der Waals surface area contributed by atoms with Crippen molar-refractivity contribution in [1.29, 1.82) is 0 Å². The molecule has 1 N–H and O–H groups in total. The van der Waals surface area contributed by atoms with Gasteiger partial charge >= 0.3 is 0 Å². The van der Waals surface area contributed by atoms with E-state index < -0.39 is 0 Å². The number of aromatic hydroxyl groups is 1. The monoisotopic (exact) mass is 283 g/mol. The lowest BCUT2D eigenvalue weighted by molar-refractivity contribution is 0.291. The number of aliphatic imine (C=N–C) groups is 1. The first-order chi connectivity index (χ1) is 7.56. The van der Waals surface area contributed by atoms with Gasteiger partial charge in [0.1, 0.15) is 12.4 Å². The molecule has 16 heavy (non-hydrogen) atoms. The van der Waals surface area contributed by atoms with Gasteiger partial charge in [0.05, 0.1) is 6.04 Å². The van der Waals surface area contributed by atoms with E-state index in [2.05, 4.69) is 34.8 Å². The third-order valence-electron chi connectivity index (χ3n) is 2.57. The Morgan fingerprint density at radius 2 is 2.19 bits per heavy atom. The molecule has 0 aliphatic carbocycles. The maximum atomic E-state index is 9.49. The summed E-state index contributed by atoms with van der Waals surface area (Å²) in [5.74, 6) is 1.30. The second-order valence-electron chi connectivity index (χ2n) is 4.25. The van der Waals surface area contributed by atoms with E-state index in [9.17, 15) is 5.11 Å². The summed E-state index contributed by atoms with van der Waals surface area (Å²) in [6.45, 7) is 4.87. The van der Waals surface area contributed by atoms with Gasteiger partial charge in [-0.1, -0.05) is 29.8 Å². The molecule has 0 aromatic heterocycles. The van der Waals surface area contributed by atoms with Gasteiger partial charge in [-0.15, -0.1) is 0 Å². The van der Waals surface area contributed by atoms with Gasteiger partial charge in [0.25, 0.3) is 0 Å². The Morgan fingerprint density at radius 1 is 1.44 bits per heavy atom. The van der Waals surface area contributed by atoms with Crippen molar-refractivity contribution in [2.45, 2.75) is 19.9 Å². The lowest BCUT2D eigenvalue weighted by Gasteiger charge is -2.06. The van der Waals surface area contributed by atoms with Crippen LogP contribution in [-0.4, -0.2) is 23.7 Å². The molecule has 0 bridgehead atoms. The summed E-state index contributed by atoms with van der Waals surface area (Å²) >= 11 is 3.33. The number of hydrogen-bond acceptors (Lipinski definition) is 3. The van der Waals surface area contributed by atoms with E-state index in [-0.39, 0.29) is 11.8 Å².